The molecule has 0 aliphatic heterocycles. The van der Waals surface area contributed by atoms with Gasteiger partial charge in [-0.2, -0.15) is 0 Å². The van der Waals surface area contributed by atoms with E-state index in [-0.39, 0.29) is 18.9 Å². The summed E-state index contributed by atoms with van der Waals surface area (Å²) in [5.74, 6) is -1.39. The molecule has 7 nitrogen and oxygen atoms in total. The number of likely N-dealkylation sites (N-methyl/N-ethyl adjacent to an activating group) is 1. The molecule has 0 fully saturated rings. The van der Waals surface area contributed by atoms with Gasteiger partial charge >= 0.3 is 0 Å². The molecule has 0 heterocycles. The van der Waals surface area contributed by atoms with Crippen LogP contribution in [0.2, 0.25) is 5.02 Å². The Morgan fingerprint density at radius 1 is 1.00 bits per heavy atom. The van der Waals surface area contributed by atoms with Crippen molar-refractivity contribution in [2.45, 2.75) is 32.9 Å². The average molecular weight is 560 g/mol. The summed E-state index contributed by atoms with van der Waals surface area (Å²) in [6.07, 6.45) is 1.22. The van der Waals surface area contributed by atoms with Gasteiger partial charge in [0.05, 0.1) is 11.9 Å². The van der Waals surface area contributed by atoms with Crippen LogP contribution in [0.25, 0.3) is 0 Å². The third-order valence-electron chi connectivity index (χ3n) is 6.00. The molecule has 0 spiro atoms. The number of anilines is 1. The number of halogens is 2. The maximum absolute atomic E-state index is 13.9. The fraction of sp³-hybridized carbons (Fsp3) is 0.286. The lowest BCUT2D eigenvalue weighted by Gasteiger charge is -2.33. The topological polar surface area (TPSA) is 86.8 Å². The van der Waals surface area contributed by atoms with E-state index in [1.165, 1.54) is 29.2 Å². The molecule has 0 saturated carbocycles. The molecular weight excluding hydrogens is 529 g/mol. The van der Waals surface area contributed by atoms with Gasteiger partial charge in [-0.1, -0.05) is 54.1 Å². The molecule has 3 aromatic rings. The minimum absolute atomic E-state index is 0.0229. The molecule has 38 heavy (non-hydrogen) atoms. The minimum atomic E-state index is -3.88. The highest BCUT2D eigenvalue weighted by molar-refractivity contribution is 7.92. The predicted molar refractivity (Wildman–Crippen MR) is 148 cm³/mol. The molecule has 1 atom stereocenters. The molecule has 0 aromatic heterocycles. The van der Waals surface area contributed by atoms with Crippen molar-refractivity contribution in [3.63, 3.8) is 0 Å². The molecule has 3 rings (SSSR count). The number of amides is 2. The number of carbonyl (C=O) groups is 2. The first-order chi connectivity index (χ1) is 18.0. The third-order valence-corrected chi connectivity index (χ3v) is 7.36. The Hall–Kier alpha value is -3.43. The maximum atomic E-state index is 13.9. The molecule has 0 aliphatic carbocycles. The Bertz CT molecular complexity index is 1370. The number of sulfonamides is 1. The van der Waals surface area contributed by atoms with E-state index in [1.54, 1.807) is 32.0 Å². The lowest BCUT2D eigenvalue weighted by molar-refractivity contribution is -0.140. The van der Waals surface area contributed by atoms with Crippen LogP contribution in [0.5, 0.6) is 0 Å². The summed E-state index contributed by atoms with van der Waals surface area (Å²) in [5, 5.41) is 3.22. The third kappa shape index (κ3) is 7.79. The van der Waals surface area contributed by atoms with Crippen molar-refractivity contribution in [3.05, 3.63) is 100 Å². The van der Waals surface area contributed by atoms with Crippen LogP contribution < -0.4 is 9.62 Å². The van der Waals surface area contributed by atoms with E-state index in [0.29, 0.717) is 28.4 Å². The predicted octanol–water partition coefficient (Wildman–Crippen LogP) is 4.33. The summed E-state index contributed by atoms with van der Waals surface area (Å²) < 4.78 is 40.2. The van der Waals surface area contributed by atoms with Gasteiger partial charge in [0.25, 0.3) is 0 Å². The number of nitrogens with zero attached hydrogens (tertiary/aromatic N) is 2. The zero-order valence-corrected chi connectivity index (χ0v) is 23.1. The van der Waals surface area contributed by atoms with Crippen molar-refractivity contribution in [2.75, 3.05) is 23.7 Å². The van der Waals surface area contributed by atoms with Crippen LogP contribution in [-0.4, -0.2) is 50.5 Å². The fourth-order valence-corrected chi connectivity index (χ4v) is 5.26. The summed E-state index contributed by atoms with van der Waals surface area (Å²) >= 11 is 6.06. The number of benzene rings is 3. The second-order valence-corrected chi connectivity index (χ2v) is 11.3. The normalized spacial score (nSPS) is 12.0. The number of hydrogen-bond acceptors (Lipinski definition) is 4. The molecular formula is C28H31ClFN3O4S. The van der Waals surface area contributed by atoms with Gasteiger partial charge in [-0.25, -0.2) is 12.8 Å². The van der Waals surface area contributed by atoms with Gasteiger partial charge in [-0.3, -0.25) is 13.9 Å². The van der Waals surface area contributed by atoms with Crippen LogP contribution in [-0.2, 0) is 32.6 Å². The van der Waals surface area contributed by atoms with E-state index >= 15 is 0 Å². The van der Waals surface area contributed by atoms with Gasteiger partial charge in [0, 0.05) is 24.5 Å². The summed E-state index contributed by atoms with van der Waals surface area (Å²) in [6.45, 7) is 3.27. The van der Waals surface area contributed by atoms with Crippen molar-refractivity contribution in [3.8, 4) is 0 Å². The Morgan fingerprint density at radius 3 is 2.24 bits per heavy atom. The lowest BCUT2D eigenvalue weighted by atomic mass is 10.0. The zero-order valence-electron chi connectivity index (χ0n) is 21.5. The second-order valence-electron chi connectivity index (χ2n) is 8.95. The zero-order chi connectivity index (χ0) is 27.9. The van der Waals surface area contributed by atoms with E-state index in [9.17, 15) is 22.4 Å². The molecule has 2 amide bonds. The van der Waals surface area contributed by atoms with Crippen LogP contribution in [0.1, 0.15) is 23.6 Å². The highest BCUT2D eigenvalue weighted by Crippen LogP contribution is 2.26. The fourth-order valence-electron chi connectivity index (χ4n) is 4.13. The molecule has 0 radical (unpaired) electrons. The van der Waals surface area contributed by atoms with Crippen LogP contribution in [0, 0.1) is 12.7 Å². The quantitative estimate of drug-likeness (QED) is 0.379. The second kappa shape index (κ2) is 12.9. The summed E-state index contributed by atoms with van der Waals surface area (Å²) in [6, 6.07) is 18.6. The van der Waals surface area contributed by atoms with Gasteiger partial charge in [0.15, 0.2) is 0 Å². The van der Waals surface area contributed by atoms with Crippen LogP contribution >= 0.6 is 11.6 Å². The van der Waals surface area contributed by atoms with E-state index in [0.717, 1.165) is 16.1 Å². The van der Waals surface area contributed by atoms with Crippen molar-refractivity contribution >= 4 is 39.1 Å². The largest absolute Gasteiger partial charge is 0.355 e. The van der Waals surface area contributed by atoms with Gasteiger partial charge in [0.1, 0.15) is 18.4 Å². The van der Waals surface area contributed by atoms with Crippen LogP contribution in [0.15, 0.2) is 72.8 Å². The number of rotatable bonds is 11. The Kier molecular flexibility index (Phi) is 9.88. The number of carbonyl (C=O) groups excluding carboxylic acids is 2. The van der Waals surface area contributed by atoms with Crippen LogP contribution in [0.4, 0.5) is 10.1 Å². The standard InChI is InChI=1S/C28H31ClFN3O4S/c1-4-31-28(35)26(17-21-8-6-5-7-9-21)32(18-22-10-13-24(30)14-11-22)27(34)19-33(38(3,36)37)25-15-12-23(29)16-20(25)2/h5-16,26H,4,17-19H2,1-3H3,(H,31,35). The molecule has 0 saturated heterocycles. The van der Waals surface area contributed by atoms with Crippen LogP contribution in [0.3, 0.4) is 0 Å². The highest BCUT2D eigenvalue weighted by atomic mass is 35.5. The van der Waals surface area contributed by atoms with E-state index < -0.39 is 34.3 Å². The number of aryl methyl sites for hydroxylation is 1. The molecule has 3 aromatic carbocycles. The highest BCUT2D eigenvalue weighted by Gasteiger charge is 2.33. The SMILES string of the molecule is CCNC(=O)C(Cc1ccccc1)N(Cc1ccc(F)cc1)C(=O)CN(c1ccc(Cl)cc1C)S(C)(=O)=O. The number of hydrogen-bond donors (Lipinski definition) is 1. The Morgan fingerprint density at radius 2 is 1.66 bits per heavy atom. The van der Waals surface area contributed by atoms with Crippen molar-refractivity contribution in [2.24, 2.45) is 0 Å². The average Bonchev–Trinajstić information content (AvgIpc) is 2.86. The van der Waals surface area contributed by atoms with E-state index in [4.69, 9.17) is 11.6 Å². The summed E-state index contributed by atoms with van der Waals surface area (Å²) in [4.78, 5) is 28.5. The molecule has 202 valence electrons. The number of nitrogens with one attached hydrogen (secondary N) is 1. The van der Waals surface area contributed by atoms with Gasteiger partial charge < -0.3 is 10.2 Å². The van der Waals surface area contributed by atoms with Crippen molar-refractivity contribution < 1.29 is 22.4 Å². The van der Waals surface area contributed by atoms with E-state index in [2.05, 4.69) is 5.32 Å². The maximum Gasteiger partial charge on any atom is 0.244 e. The van der Waals surface area contributed by atoms with Crippen molar-refractivity contribution in [1.82, 2.24) is 10.2 Å². The van der Waals surface area contributed by atoms with E-state index in [1.807, 2.05) is 30.3 Å². The lowest BCUT2D eigenvalue weighted by Crippen LogP contribution is -2.53. The monoisotopic (exact) mass is 559 g/mol. The minimum Gasteiger partial charge on any atom is -0.355 e. The molecule has 1 N–H and O–H groups in total. The molecule has 0 bridgehead atoms. The first-order valence-corrected chi connectivity index (χ1v) is 14.3. The molecule has 10 heteroatoms. The first kappa shape index (κ1) is 29.1. The van der Waals surface area contributed by atoms with Gasteiger partial charge in [-0.15, -0.1) is 0 Å². The smallest absolute Gasteiger partial charge is 0.244 e. The summed E-state index contributed by atoms with van der Waals surface area (Å²) in [7, 11) is -3.88. The Labute approximate surface area is 228 Å². The molecule has 1 unspecified atom stereocenters. The molecule has 0 aliphatic rings. The summed E-state index contributed by atoms with van der Waals surface area (Å²) in [5.41, 5.74) is 2.31. The Balaban J connectivity index is 2.05. The van der Waals surface area contributed by atoms with Gasteiger partial charge in [0.2, 0.25) is 21.8 Å². The van der Waals surface area contributed by atoms with Crippen molar-refractivity contribution in [1.29, 1.82) is 0 Å². The first-order valence-electron chi connectivity index (χ1n) is 12.1. The van der Waals surface area contributed by atoms with Gasteiger partial charge in [-0.05, 0) is 60.9 Å².